The molecule has 3 nitrogen and oxygen atoms in total. The van der Waals surface area contributed by atoms with Gasteiger partial charge in [-0.3, -0.25) is 4.79 Å². The van der Waals surface area contributed by atoms with E-state index in [1.807, 2.05) is 38.1 Å². The SMILES string of the molecule is COc1ccc(CC(=O)c2cc(C)sc2C)cc1OC. The fourth-order valence-electron chi connectivity index (χ4n) is 2.18. The summed E-state index contributed by atoms with van der Waals surface area (Å²) in [5, 5.41) is 0. The molecule has 0 N–H and O–H groups in total. The van der Waals surface area contributed by atoms with Crippen molar-refractivity contribution in [2.75, 3.05) is 14.2 Å². The Balaban J connectivity index is 2.22. The second-order valence-corrected chi connectivity index (χ2v) is 6.08. The number of thiophene rings is 1. The predicted molar refractivity (Wildman–Crippen MR) is 81.4 cm³/mol. The molecular formula is C16H18O3S. The number of benzene rings is 1. The Morgan fingerprint density at radius 2 is 1.80 bits per heavy atom. The fourth-order valence-corrected chi connectivity index (χ4v) is 3.12. The maximum atomic E-state index is 12.3. The van der Waals surface area contributed by atoms with Crippen molar-refractivity contribution in [2.45, 2.75) is 20.3 Å². The molecule has 0 aliphatic rings. The van der Waals surface area contributed by atoms with Gasteiger partial charge in [0.2, 0.25) is 0 Å². The molecule has 0 amide bonds. The number of aryl methyl sites for hydroxylation is 2. The van der Waals surface area contributed by atoms with Gasteiger partial charge in [0.05, 0.1) is 14.2 Å². The van der Waals surface area contributed by atoms with E-state index in [1.165, 1.54) is 0 Å². The Bertz CT molecular complexity index is 629. The third-order valence-electron chi connectivity index (χ3n) is 3.15. The van der Waals surface area contributed by atoms with Crippen LogP contribution in [0.5, 0.6) is 11.5 Å². The Hall–Kier alpha value is -1.81. The fraction of sp³-hybridized carbons (Fsp3) is 0.312. The van der Waals surface area contributed by atoms with Gasteiger partial charge in [0.25, 0.3) is 0 Å². The molecule has 0 bridgehead atoms. The third kappa shape index (κ3) is 3.02. The van der Waals surface area contributed by atoms with Crippen LogP contribution in [0.1, 0.15) is 25.7 Å². The number of methoxy groups -OCH3 is 2. The first-order valence-electron chi connectivity index (χ1n) is 6.36. The highest BCUT2D eigenvalue weighted by atomic mass is 32.1. The lowest BCUT2D eigenvalue weighted by Gasteiger charge is -2.09. The van der Waals surface area contributed by atoms with Gasteiger partial charge < -0.3 is 9.47 Å². The highest BCUT2D eigenvalue weighted by Gasteiger charge is 2.14. The molecule has 0 aliphatic heterocycles. The van der Waals surface area contributed by atoms with Crippen LogP contribution >= 0.6 is 11.3 Å². The highest BCUT2D eigenvalue weighted by molar-refractivity contribution is 7.12. The van der Waals surface area contributed by atoms with Crippen molar-refractivity contribution >= 4 is 17.1 Å². The van der Waals surface area contributed by atoms with Crippen molar-refractivity contribution in [1.82, 2.24) is 0 Å². The molecule has 0 atom stereocenters. The van der Waals surface area contributed by atoms with Crippen molar-refractivity contribution in [3.63, 3.8) is 0 Å². The van der Waals surface area contributed by atoms with Gasteiger partial charge in [-0.1, -0.05) is 6.07 Å². The van der Waals surface area contributed by atoms with Crippen LogP contribution in [-0.4, -0.2) is 20.0 Å². The van der Waals surface area contributed by atoms with Gasteiger partial charge >= 0.3 is 0 Å². The first-order valence-corrected chi connectivity index (χ1v) is 7.18. The molecule has 2 aromatic rings. The van der Waals surface area contributed by atoms with Crippen LogP contribution < -0.4 is 9.47 Å². The van der Waals surface area contributed by atoms with E-state index >= 15 is 0 Å². The summed E-state index contributed by atoms with van der Waals surface area (Å²) in [6.45, 7) is 4.00. The number of carbonyl (C=O) groups is 1. The van der Waals surface area contributed by atoms with Crippen LogP contribution in [0.2, 0.25) is 0 Å². The van der Waals surface area contributed by atoms with Gasteiger partial charge in [-0.25, -0.2) is 0 Å². The summed E-state index contributed by atoms with van der Waals surface area (Å²) in [5.41, 5.74) is 1.75. The molecule has 0 radical (unpaired) electrons. The summed E-state index contributed by atoms with van der Waals surface area (Å²) in [6, 6.07) is 7.54. The minimum absolute atomic E-state index is 0.138. The minimum atomic E-state index is 0.138. The van der Waals surface area contributed by atoms with Gasteiger partial charge in [-0.05, 0) is 37.6 Å². The molecular weight excluding hydrogens is 272 g/mol. The molecule has 0 unspecified atom stereocenters. The molecule has 0 fully saturated rings. The first kappa shape index (κ1) is 14.6. The van der Waals surface area contributed by atoms with Gasteiger partial charge in [0.1, 0.15) is 0 Å². The predicted octanol–water partition coefficient (Wildman–Crippen LogP) is 3.81. The number of rotatable bonds is 5. The average molecular weight is 290 g/mol. The lowest BCUT2D eigenvalue weighted by atomic mass is 10.0. The number of carbonyl (C=O) groups excluding carboxylic acids is 1. The van der Waals surface area contributed by atoms with Crippen LogP contribution in [0.4, 0.5) is 0 Å². The van der Waals surface area contributed by atoms with Crippen LogP contribution in [0.15, 0.2) is 24.3 Å². The van der Waals surface area contributed by atoms with Gasteiger partial charge in [-0.2, -0.15) is 0 Å². The molecule has 1 aromatic carbocycles. The minimum Gasteiger partial charge on any atom is -0.493 e. The molecule has 2 rings (SSSR count). The summed E-state index contributed by atoms with van der Waals surface area (Å²) >= 11 is 1.66. The van der Waals surface area contributed by atoms with E-state index in [2.05, 4.69) is 0 Å². The number of hydrogen-bond donors (Lipinski definition) is 0. The van der Waals surface area contributed by atoms with Crippen LogP contribution in [0, 0.1) is 13.8 Å². The van der Waals surface area contributed by atoms with E-state index in [0.717, 1.165) is 20.9 Å². The largest absolute Gasteiger partial charge is 0.493 e. The van der Waals surface area contributed by atoms with E-state index in [-0.39, 0.29) is 5.78 Å². The maximum Gasteiger partial charge on any atom is 0.168 e. The molecule has 106 valence electrons. The van der Waals surface area contributed by atoms with Crippen molar-refractivity contribution < 1.29 is 14.3 Å². The summed E-state index contributed by atoms with van der Waals surface area (Å²) < 4.78 is 10.5. The normalized spacial score (nSPS) is 10.4. The smallest absolute Gasteiger partial charge is 0.168 e. The second kappa shape index (κ2) is 6.09. The van der Waals surface area contributed by atoms with Crippen molar-refractivity contribution in [1.29, 1.82) is 0 Å². The van der Waals surface area contributed by atoms with Crippen LogP contribution in [-0.2, 0) is 6.42 Å². The van der Waals surface area contributed by atoms with Crippen LogP contribution in [0.25, 0.3) is 0 Å². The summed E-state index contributed by atoms with van der Waals surface area (Å²) in [5.74, 6) is 1.46. The van der Waals surface area contributed by atoms with E-state index < -0.39 is 0 Å². The zero-order valence-corrected chi connectivity index (χ0v) is 13.0. The third-order valence-corrected chi connectivity index (χ3v) is 4.12. The Labute approximate surface area is 123 Å². The number of ketones is 1. The number of Topliss-reactive ketones (excluding diaryl/α,β-unsaturated/α-hetero) is 1. The molecule has 20 heavy (non-hydrogen) atoms. The van der Waals surface area contributed by atoms with Crippen molar-refractivity contribution in [3.8, 4) is 11.5 Å². The Morgan fingerprint density at radius 1 is 1.10 bits per heavy atom. The van der Waals surface area contributed by atoms with E-state index in [0.29, 0.717) is 17.9 Å². The molecule has 0 saturated heterocycles. The van der Waals surface area contributed by atoms with Gasteiger partial charge in [0.15, 0.2) is 17.3 Å². The van der Waals surface area contributed by atoms with E-state index in [4.69, 9.17) is 9.47 Å². The topological polar surface area (TPSA) is 35.5 Å². The number of hydrogen-bond acceptors (Lipinski definition) is 4. The zero-order chi connectivity index (χ0) is 14.7. The Kier molecular flexibility index (Phi) is 4.45. The number of ether oxygens (including phenoxy) is 2. The summed E-state index contributed by atoms with van der Waals surface area (Å²) in [7, 11) is 3.19. The molecule has 1 aromatic heterocycles. The molecule has 0 saturated carbocycles. The molecule has 0 aliphatic carbocycles. The lowest BCUT2D eigenvalue weighted by Crippen LogP contribution is -2.04. The van der Waals surface area contributed by atoms with E-state index in [1.54, 1.807) is 25.6 Å². The van der Waals surface area contributed by atoms with Crippen LogP contribution in [0.3, 0.4) is 0 Å². The molecule has 0 spiro atoms. The lowest BCUT2D eigenvalue weighted by molar-refractivity contribution is 0.0993. The summed E-state index contributed by atoms with van der Waals surface area (Å²) in [6.07, 6.45) is 0.372. The molecule has 1 heterocycles. The Morgan fingerprint density at radius 3 is 2.35 bits per heavy atom. The standard InChI is InChI=1S/C16H18O3S/c1-10-7-13(11(2)20-10)14(17)8-12-5-6-15(18-3)16(9-12)19-4/h5-7,9H,8H2,1-4H3. The maximum absolute atomic E-state index is 12.3. The first-order chi connectivity index (χ1) is 9.55. The second-order valence-electron chi connectivity index (χ2n) is 4.62. The van der Waals surface area contributed by atoms with Crippen molar-refractivity contribution in [2.24, 2.45) is 0 Å². The van der Waals surface area contributed by atoms with Crippen molar-refractivity contribution in [3.05, 3.63) is 45.1 Å². The highest BCUT2D eigenvalue weighted by Crippen LogP contribution is 2.28. The van der Waals surface area contributed by atoms with Gasteiger partial charge in [0, 0.05) is 21.7 Å². The quantitative estimate of drug-likeness (QED) is 0.786. The monoisotopic (exact) mass is 290 g/mol. The van der Waals surface area contributed by atoms with Gasteiger partial charge in [-0.15, -0.1) is 11.3 Å². The van der Waals surface area contributed by atoms with E-state index in [9.17, 15) is 4.79 Å². The molecule has 4 heteroatoms. The average Bonchev–Trinajstić information content (AvgIpc) is 2.77. The summed E-state index contributed by atoms with van der Waals surface area (Å²) in [4.78, 5) is 14.6. The zero-order valence-electron chi connectivity index (χ0n) is 12.1.